The highest BCUT2D eigenvalue weighted by Gasteiger charge is 2.30. The Morgan fingerprint density at radius 2 is 1.95 bits per heavy atom. The predicted molar refractivity (Wildman–Crippen MR) is 70.1 cm³/mol. The number of piperidine rings is 1. The molecule has 20 heavy (non-hydrogen) atoms. The Morgan fingerprint density at radius 3 is 2.50 bits per heavy atom. The first-order valence-corrected chi connectivity index (χ1v) is 6.75. The molecule has 0 N–H and O–H groups in total. The van der Waals surface area contributed by atoms with E-state index < -0.39 is 11.7 Å². The second-order valence-corrected chi connectivity index (χ2v) is 5.38. The largest absolute Gasteiger partial charge is 0.416 e. The van der Waals surface area contributed by atoms with Crippen LogP contribution in [0.4, 0.5) is 13.2 Å². The zero-order chi connectivity index (χ0) is 14.8. The number of hydrogen-bond acceptors (Lipinski definition) is 2. The first-order valence-electron chi connectivity index (χ1n) is 6.75. The SMILES string of the molecule is CC(=O)C1CCCN(Cc2ccc(C(F)(F)F)cc2)C1. The predicted octanol–water partition coefficient (Wildman–Crippen LogP) is 3.51. The molecule has 0 bridgehead atoms. The van der Waals surface area contributed by atoms with Crippen molar-refractivity contribution in [2.24, 2.45) is 5.92 Å². The van der Waals surface area contributed by atoms with Gasteiger partial charge in [-0.05, 0) is 44.0 Å². The Hall–Kier alpha value is -1.36. The fourth-order valence-corrected chi connectivity index (χ4v) is 2.59. The summed E-state index contributed by atoms with van der Waals surface area (Å²) in [4.78, 5) is 13.5. The van der Waals surface area contributed by atoms with Crippen LogP contribution in [0.2, 0.25) is 0 Å². The Kier molecular flexibility index (Phi) is 4.48. The van der Waals surface area contributed by atoms with E-state index in [0.717, 1.165) is 37.1 Å². The minimum Gasteiger partial charge on any atom is -0.300 e. The molecule has 2 rings (SSSR count). The number of likely N-dealkylation sites (tertiary alicyclic amines) is 1. The second-order valence-electron chi connectivity index (χ2n) is 5.38. The summed E-state index contributed by atoms with van der Waals surface area (Å²) < 4.78 is 37.4. The highest BCUT2D eigenvalue weighted by atomic mass is 19.4. The Labute approximate surface area is 116 Å². The van der Waals surface area contributed by atoms with E-state index in [4.69, 9.17) is 0 Å². The van der Waals surface area contributed by atoms with Crippen LogP contribution >= 0.6 is 0 Å². The maximum atomic E-state index is 12.5. The number of benzene rings is 1. The molecular formula is C15H18F3NO. The van der Waals surface area contributed by atoms with Gasteiger partial charge in [0.05, 0.1) is 5.56 Å². The maximum absolute atomic E-state index is 12.5. The average molecular weight is 285 g/mol. The Bertz CT molecular complexity index is 467. The van der Waals surface area contributed by atoms with E-state index in [9.17, 15) is 18.0 Å². The van der Waals surface area contributed by atoms with Crippen LogP contribution in [0.1, 0.15) is 30.9 Å². The highest BCUT2D eigenvalue weighted by molar-refractivity contribution is 5.78. The quantitative estimate of drug-likeness (QED) is 0.847. The van der Waals surface area contributed by atoms with Gasteiger partial charge in [0, 0.05) is 19.0 Å². The van der Waals surface area contributed by atoms with Crippen LogP contribution in [0.5, 0.6) is 0 Å². The molecule has 1 saturated heterocycles. The zero-order valence-corrected chi connectivity index (χ0v) is 11.4. The topological polar surface area (TPSA) is 20.3 Å². The van der Waals surface area contributed by atoms with E-state index in [2.05, 4.69) is 4.90 Å². The maximum Gasteiger partial charge on any atom is 0.416 e. The number of carbonyl (C=O) groups excluding carboxylic acids is 1. The van der Waals surface area contributed by atoms with Crippen LogP contribution in [-0.4, -0.2) is 23.8 Å². The number of ketones is 1. The monoisotopic (exact) mass is 285 g/mol. The zero-order valence-electron chi connectivity index (χ0n) is 11.4. The summed E-state index contributed by atoms with van der Waals surface area (Å²) in [6.07, 6.45) is -2.41. The molecule has 5 heteroatoms. The number of hydrogen-bond donors (Lipinski definition) is 0. The fraction of sp³-hybridized carbons (Fsp3) is 0.533. The number of halogens is 3. The molecule has 1 fully saturated rings. The van der Waals surface area contributed by atoms with Crippen LogP contribution in [-0.2, 0) is 17.5 Å². The van der Waals surface area contributed by atoms with E-state index in [0.29, 0.717) is 13.1 Å². The van der Waals surface area contributed by atoms with E-state index in [1.165, 1.54) is 12.1 Å². The molecule has 0 aromatic heterocycles. The third kappa shape index (κ3) is 3.82. The van der Waals surface area contributed by atoms with Crippen LogP contribution in [0, 0.1) is 5.92 Å². The molecule has 0 amide bonds. The average Bonchev–Trinajstić information content (AvgIpc) is 2.38. The minimum absolute atomic E-state index is 0.0678. The number of alkyl halides is 3. The molecule has 0 radical (unpaired) electrons. The van der Waals surface area contributed by atoms with Gasteiger partial charge in [-0.3, -0.25) is 9.69 Å². The summed E-state index contributed by atoms with van der Waals surface area (Å²) in [7, 11) is 0. The summed E-state index contributed by atoms with van der Waals surface area (Å²) in [6.45, 7) is 3.80. The minimum atomic E-state index is -4.29. The molecule has 2 nitrogen and oxygen atoms in total. The van der Waals surface area contributed by atoms with Gasteiger partial charge in [-0.15, -0.1) is 0 Å². The van der Waals surface area contributed by atoms with E-state index >= 15 is 0 Å². The molecule has 1 aromatic rings. The van der Waals surface area contributed by atoms with Crippen LogP contribution < -0.4 is 0 Å². The van der Waals surface area contributed by atoms with Gasteiger partial charge in [0.25, 0.3) is 0 Å². The molecule has 1 aromatic carbocycles. The lowest BCUT2D eigenvalue weighted by Crippen LogP contribution is -2.37. The van der Waals surface area contributed by atoms with E-state index in [1.54, 1.807) is 6.92 Å². The molecule has 0 aliphatic carbocycles. The first kappa shape index (κ1) is 15.0. The van der Waals surface area contributed by atoms with Crippen molar-refractivity contribution in [1.29, 1.82) is 0 Å². The lowest BCUT2D eigenvalue weighted by molar-refractivity contribution is -0.137. The van der Waals surface area contributed by atoms with Crippen LogP contribution in [0.15, 0.2) is 24.3 Å². The van der Waals surface area contributed by atoms with E-state index in [-0.39, 0.29) is 11.7 Å². The lowest BCUT2D eigenvalue weighted by Gasteiger charge is -2.31. The van der Waals surface area contributed by atoms with Gasteiger partial charge >= 0.3 is 6.18 Å². The van der Waals surface area contributed by atoms with Gasteiger partial charge in [0.2, 0.25) is 0 Å². The van der Waals surface area contributed by atoms with Crippen molar-refractivity contribution >= 4 is 5.78 Å². The second kappa shape index (κ2) is 5.95. The van der Waals surface area contributed by atoms with Crippen LogP contribution in [0.25, 0.3) is 0 Å². The fourth-order valence-electron chi connectivity index (χ4n) is 2.59. The van der Waals surface area contributed by atoms with Gasteiger partial charge in [0.15, 0.2) is 0 Å². The molecule has 1 heterocycles. The first-order chi connectivity index (χ1) is 9.36. The van der Waals surface area contributed by atoms with Crippen molar-refractivity contribution in [2.45, 2.75) is 32.5 Å². The van der Waals surface area contributed by atoms with Gasteiger partial charge in [-0.1, -0.05) is 12.1 Å². The molecule has 110 valence electrons. The molecule has 0 saturated carbocycles. The summed E-state index contributed by atoms with van der Waals surface area (Å²) in [5.41, 5.74) is 0.226. The smallest absolute Gasteiger partial charge is 0.300 e. The summed E-state index contributed by atoms with van der Waals surface area (Å²) >= 11 is 0. The van der Waals surface area contributed by atoms with Crippen molar-refractivity contribution in [3.05, 3.63) is 35.4 Å². The van der Waals surface area contributed by atoms with Crippen molar-refractivity contribution in [1.82, 2.24) is 4.90 Å². The molecule has 0 spiro atoms. The molecule has 1 unspecified atom stereocenters. The van der Waals surface area contributed by atoms with Crippen LogP contribution in [0.3, 0.4) is 0 Å². The summed E-state index contributed by atoms with van der Waals surface area (Å²) in [6, 6.07) is 5.25. The third-order valence-corrected chi connectivity index (χ3v) is 3.77. The van der Waals surface area contributed by atoms with Crippen molar-refractivity contribution in [3.63, 3.8) is 0 Å². The molecular weight excluding hydrogens is 267 g/mol. The van der Waals surface area contributed by atoms with Crippen molar-refractivity contribution < 1.29 is 18.0 Å². The highest BCUT2D eigenvalue weighted by Crippen LogP contribution is 2.29. The third-order valence-electron chi connectivity index (χ3n) is 3.77. The Morgan fingerprint density at radius 1 is 1.30 bits per heavy atom. The van der Waals surface area contributed by atoms with Gasteiger partial charge in [-0.25, -0.2) is 0 Å². The number of Topliss-reactive ketones (excluding diaryl/α,β-unsaturated/α-hetero) is 1. The van der Waals surface area contributed by atoms with Gasteiger partial charge in [-0.2, -0.15) is 13.2 Å². The van der Waals surface area contributed by atoms with Gasteiger partial charge < -0.3 is 0 Å². The van der Waals surface area contributed by atoms with Crippen molar-refractivity contribution in [3.8, 4) is 0 Å². The molecule has 1 aliphatic heterocycles. The van der Waals surface area contributed by atoms with Gasteiger partial charge in [0.1, 0.15) is 5.78 Å². The number of nitrogens with zero attached hydrogens (tertiary/aromatic N) is 1. The number of carbonyl (C=O) groups is 1. The molecule has 1 atom stereocenters. The normalized spacial score (nSPS) is 20.9. The summed E-state index contributed by atoms with van der Waals surface area (Å²) in [5.74, 6) is 0.264. The summed E-state index contributed by atoms with van der Waals surface area (Å²) in [5, 5.41) is 0. The standard InChI is InChI=1S/C15H18F3NO/c1-11(20)13-3-2-8-19(10-13)9-12-4-6-14(7-5-12)15(16,17)18/h4-7,13H,2-3,8-10H2,1H3. The Balaban J connectivity index is 1.98. The lowest BCUT2D eigenvalue weighted by atomic mass is 9.94. The van der Waals surface area contributed by atoms with Crippen molar-refractivity contribution in [2.75, 3.05) is 13.1 Å². The number of rotatable bonds is 3. The van der Waals surface area contributed by atoms with E-state index in [1.807, 2.05) is 0 Å². The molecule has 1 aliphatic rings.